The number of rotatable bonds is 5. The van der Waals surface area contributed by atoms with Gasteiger partial charge >= 0.3 is 0 Å². The third kappa shape index (κ3) is 3.24. The molecule has 7 heteroatoms. The summed E-state index contributed by atoms with van der Waals surface area (Å²) in [6, 6.07) is 10.2. The molecule has 1 aliphatic heterocycles. The van der Waals surface area contributed by atoms with Crippen molar-refractivity contribution in [2.24, 2.45) is 0 Å². The molecule has 3 rings (SSSR count). The minimum absolute atomic E-state index is 0.256. The summed E-state index contributed by atoms with van der Waals surface area (Å²) in [5.41, 5.74) is 1.79. The van der Waals surface area contributed by atoms with Crippen molar-refractivity contribution in [3.05, 3.63) is 47.3 Å². The number of carbonyl (C=O) groups is 1. The number of hydrogen-bond donors (Lipinski definition) is 1. The van der Waals surface area contributed by atoms with E-state index in [1.165, 1.54) is 15.6 Å². The van der Waals surface area contributed by atoms with Gasteiger partial charge in [-0.1, -0.05) is 31.2 Å². The number of nitrogens with zero attached hydrogens (tertiary/aromatic N) is 1. The number of benzene rings is 1. The van der Waals surface area contributed by atoms with Crippen LogP contribution in [-0.4, -0.2) is 31.2 Å². The molecule has 2 aromatic rings. The van der Waals surface area contributed by atoms with Crippen LogP contribution in [0.2, 0.25) is 0 Å². The van der Waals surface area contributed by atoms with Crippen molar-refractivity contribution in [2.45, 2.75) is 36.4 Å². The van der Waals surface area contributed by atoms with Gasteiger partial charge in [0, 0.05) is 12.2 Å². The van der Waals surface area contributed by atoms with Crippen LogP contribution >= 0.6 is 11.3 Å². The Bertz CT molecular complexity index is 816. The third-order valence-corrected chi connectivity index (χ3v) is 7.50. The number of hydrogen-bond acceptors (Lipinski definition) is 4. The minimum atomic E-state index is -3.61. The van der Waals surface area contributed by atoms with E-state index >= 15 is 0 Å². The standard InChI is InChI=1S/C17H20N2O3S2/c1-2-13-7-3-4-8-14(13)18-17(20)15-9-5-11-19(15)24(21,22)16-10-6-12-23-16/h3-4,6-8,10,12,15H,2,5,9,11H2,1H3,(H,18,20). The Labute approximate surface area is 146 Å². The SMILES string of the molecule is CCc1ccccc1NC(=O)C1CCCN1S(=O)(=O)c1cccs1. The Morgan fingerprint density at radius 1 is 1.29 bits per heavy atom. The molecule has 24 heavy (non-hydrogen) atoms. The number of anilines is 1. The monoisotopic (exact) mass is 364 g/mol. The first kappa shape index (κ1) is 17.1. The van der Waals surface area contributed by atoms with Crippen LogP contribution in [0.1, 0.15) is 25.3 Å². The number of thiophene rings is 1. The Morgan fingerprint density at radius 2 is 2.08 bits per heavy atom. The smallest absolute Gasteiger partial charge is 0.253 e. The molecule has 0 aliphatic carbocycles. The molecule has 2 heterocycles. The van der Waals surface area contributed by atoms with E-state index < -0.39 is 16.1 Å². The van der Waals surface area contributed by atoms with Crippen molar-refractivity contribution in [1.82, 2.24) is 4.31 Å². The van der Waals surface area contributed by atoms with Gasteiger partial charge in [-0.15, -0.1) is 11.3 Å². The van der Waals surface area contributed by atoms with Crippen molar-refractivity contribution >= 4 is 33.0 Å². The maximum Gasteiger partial charge on any atom is 0.253 e. The molecule has 1 fully saturated rings. The second kappa shape index (κ2) is 7.04. The van der Waals surface area contributed by atoms with Gasteiger partial charge in [0.2, 0.25) is 5.91 Å². The molecular formula is C17H20N2O3S2. The van der Waals surface area contributed by atoms with E-state index in [1.807, 2.05) is 31.2 Å². The average molecular weight is 364 g/mol. The van der Waals surface area contributed by atoms with Gasteiger partial charge in [-0.05, 0) is 42.3 Å². The molecule has 1 aromatic carbocycles. The van der Waals surface area contributed by atoms with Crippen LogP contribution in [0.4, 0.5) is 5.69 Å². The van der Waals surface area contributed by atoms with Crippen LogP contribution in [0.25, 0.3) is 0 Å². The first-order valence-corrected chi connectivity index (χ1v) is 10.3. The van der Waals surface area contributed by atoms with Crippen LogP contribution in [0.3, 0.4) is 0 Å². The Balaban J connectivity index is 1.82. The average Bonchev–Trinajstić information content (AvgIpc) is 3.27. The fourth-order valence-corrected chi connectivity index (χ4v) is 5.76. The molecule has 1 amide bonds. The molecule has 0 bridgehead atoms. The van der Waals surface area contributed by atoms with Crippen molar-refractivity contribution in [1.29, 1.82) is 0 Å². The highest BCUT2D eigenvalue weighted by Crippen LogP contribution is 2.29. The normalized spacial score (nSPS) is 18.6. The Kier molecular flexibility index (Phi) is 5.03. The predicted molar refractivity (Wildman–Crippen MR) is 95.7 cm³/mol. The van der Waals surface area contributed by atoms with Gasteiger partial charge < -0.3 is 5.32 Å². The maximum atomic E-state index is 12.7. The fourth-order valence-electron chi connectivity index (χ4n) is 2.98. The lowest BCUT2D eigenvalue weighted by molar-refractivity contribution is -0.119. The Morgan fingerprint density at radius 3 is 2.79 bits per heavy atom. The molecule has 0 saturated carbocycles. The van der Waals surface area contributed by atoms with Crippen LogP contribution in [0.15, 0.2) is 46.0 Å². The van der Waals surface area contributed by atoms with Crippen LogP contribution in [0.5, 0.6) is 0 Å². The van der Waals surface area contributed by atoms with E-state index in [0.29, 0.717) is 19.4 Å². The fraction of sp³-hybridized carbons (Fsp3) is 0.353. The molecule has 1 atom stereocenters. The van der Waals surface area contributed by atoms with Crippen molar-refractivity contribution in [2.75, 3.05) is 11.9 Å². The lowest BCUT2D eigenvalue weighted by Crippen LogP contribution is -2.42. The summed E-state index contributed by atoms with van der Waals surface area (Å²) in [6.45, 7) is 2.40. The molecule has 128 valence electrons. The second-order valence-electron chi connectivity index (χ2n) is 5.71. The number of aryl methyl sites for hydroxylation is 1. The van der Waals surface area contributed by atoms with Crippen molar-refractivity contribution in [3.8, 4) is 0 Å². The summed E-state index contributed by atoms with van der Waals surface area (Å²) in [7, 11) is -3.61. The molecule has 5 nitrogen and oxygen atoms in total. The van der Waals surface area contributed by atoms with Gasteiger partial charge in [0.25, 0.3) is 10.0 Å². The number of amides is 1. The lowest BCUT2D eigenvalue weighted by atomic mass is 10.1. The zero-order valence-corrected chi connectivity index (χ0v) is 15.1. The summed E-state index contributed by atoms with van der Waals surface area (Å²) >= 11 is 1.18. The highest BCUT2D eigenvalue weighted by Gasteiger charge is 2.39. The molecule has 1 unspecified atom stereocenters. The van der Waals surface area contributed by atoms with Gasteiger partial charge in [0.15, 0.2) is 0 Å². The molecule has 1 saturated heterocycles. The van der Waals surface area contributed by atoms with Gasteiger partial charge in [-0.25, -0.2) is 8.42 Å². The van der Waals surface area contributed by atoms with E-state index in [-0.39, 0.29) is 10.1 Å². The Hall–Kier alpha value is -1.70. The summed E-state index contributed by atoms with van der Waals surface area (Å²) in [4.78, 5) is 12.7. The van der Waals surface area contributed by atoms with Crippen molar-refractivity contribution < 1.29 is 13.2 Å². The van der Waals surface area contributed by atoms with E-state index in [4.69, 9.17) is 0 Å². The summed E-state index contributed by atoms with van der Waals surface area (Å²) < 4.78 is 27.1. The van der Waals surface area contributed by atoms with E-state index in [0.717, 1.165) is 17.7 Å². The molecular weight excluding hydrogens is 344 g/mol. The van der Waals surface area contributed by atoms with Gasteiger partial charge in [0.05, 0.1) is 0 Å². The minimum Gasteiger partial charge on any atom is -0.324 e. The molecule has 1 aliphatic rings. The third-order valence-electron chi connectivity index (χ3n) is 4.22. The number of carbonyl (C=O) groups excluding carboxylic acids is 1. The van der Waals surface area contributed by atoms with Gasteiger partial charge in [-0.3, -0.25) is 4.79 Å². The first-order chi connectivity index (χ1) is 11.5. The zero-order valence-electron chi connectivity index (χ0n) is 13.4. The summed E-state index contributed by atoms with van der Waals surface area (Å²) in [5, 5.41) is 4.64. The summed E-state index contributed by atoms with van der Waals surface area (Å²) in [6.07, 6.45) is 2.04. The highest BCUT2D eigenvalue weighted by atomic mass is 32.2. The molecule has 1 aromatic heterocycles. The predicted octanol–water partition coefficient (Wildman–Crippen LogP) is 3.10. The van der Waals surface area contributed by atoms with Gasteiger partial charge in [-0.2, -0.15) is 4.31 Å². The van der Waals surface area contributed by atoms with E-state index in [9.17, 15) is 13.2 Å². The van der Waals surface area contributed by atoms with Crippen LogP contribution < -0.4 is 5.32 Å². The van der Waals surface area contributed by atoms with Crippen LogP contribution in [0, 0.1) is 0 Å². The number of para-hydroxylation sites is 1. The van der Waals surface area contributed by atoms with Crippen LogP contribution in [-0.2, 0) is 21.2 Å². The molecule has 0 spiro atoms. The molecule has 1 N–H and O–H groups in total. The summed E-state index contributed by atoms with van der Waals surface area (Å²) in [5.74, 6) is -0.256. The first-order valence-electron chi connectivity index (χ1n) is 7.98. The quantitative estimate of drug-likeness (QED) is 0.886. The lowest BCUT2D eigenvalue weighted by Gasteiger charge is -2.23. The van der Waals surface area contributed by atoms with E-state index in [2.05, 4.69) is 5.32 Å². The second-order valence-corrected chi connectivity index (χ2v) is 8.77. The largest absolute Gasteiger partial charge is 0.324 e. The highest BCUT2D eigenvalue weighted by molar-refractivity contribution is 7.91. The zero-order chi connectivity index (χ0) is 17.2. The van der Waals surface area contributed by atoms with E-state index in [1.54, 1.807) is 17.5 Å². The number of nitrogens with one attached hydrogen (secondary N) is 1. The molecule has 0 radical (unpaired) electrons. The topological polar surface area (TPSA) is 66.5 Å². The number of sulfonamides is 1. The van der Waals surface area contributed by atoms with Gasteiger partial charge in [0.1, 0.15) is 10.3 Å². The van der Waals surface area contributed by atoms with Crippen molar-refractivity contribution in [3.63, 3.8) is 0 Å². The maximum absolute atomic E-state index is 12.7.